The second-order valence-corrected chi connectivity index (χ2v) is 1.45. The zero-order chi connectivity index (χ0) is 7.44. The van der Waals surface area contributed by atoms with Gasteiger partial charge in [-0.05, 0) is 6.42 Å². The monoisotopic (exact) mass is 182 g/mol. The minimum atomic E-state index is -1.71. The van der Waals surface area contributed by atoms with Crippen LogP contribution in [0, 0.1) is 0 Å². The van der Waals surface area contributed by atoms with E-state index in [1.54, 1.807) is 0 Å². The van der Waals surface area contributed by atoms with Gasteiger partial charge in [0.25, 0.3) is 0 Å². The Morgan fingerprint density at radius 1 is 1.40 bits per heavy atom. The maximum atomic E-state index is 9.65. The number of carbonyl (C=O) groups excluding carboxylic acids is 2. The SMILES string of the molecule is [Cr+3].[NH-]C(CC(=O)[O-])C(=O)[O-]. The van der Waals surface area contributed by atoms with Gasteiger partial charge in [-0.1, -0.05) is 6.04 Å². The molecule has 0 aromatic rings. The molecule has 0 rings (SSSR count). The Morgan fingerprint density at radius 2 is 1.80 bits per heavy atom. The van der Waals surface area contributed by atoms with E-state index in [0.29, 0.717) is 0 Å². The Balaban J connectivity index is 0. The van der Waals surface area contributed by atoms with Crippen LogP contribution < -0.4 is 10.2 Å². The number of carboxylic acids is 2. The van der Waals surface area contributed by atoms with Gasteiger partial charge in [-0.15, -0.1) is 0 Å². The van der Waals surface area contributed by atoms with Gasteiger partial charge in [-0.3, -0.25) is 0 Å². The van der Waals surface area contributed by atoms with Crippen LogP contribution in [0.4, 0.5) is 0 Å². The number of hydrogen-bond acceptors (Lipinski definition) is 4. The third-order valence-corrected chi connectivity index (χ3v) is 0.655. The number of hydrogen-bond donors (Lipinski definition) is 0. The summed E-state index contributed by atoms with van der Waals surface area (Å²) in [5.41, 5.74) is 6.47. The average molecular weight is 182 g/mol. The molecular formula is C4H4CrNO4. The molecule has 0 fully saturated rings. The molecule has 0 saturated carbocycles. The van der Waals surface area contributed by atoms with Crippen LogP contribution in [-0.4, -0.2) is 18.0 Å². The molecule has 1 atom stereocenters. The van der Waals surface area contributed by atoms with Gasteiger partial charge in [0, 0.05) is 11.9 Å². The molecular weight excluding hydrogens is 178 g/mol. The summed E-state index contributed by atoms with van der Waals surface area (Å²) in [6, 6.07) is -1.71. The van der Waals surface area contributed by atoms with Crippen molar-refractivity contribution in [3.63, 3.8) is 0 Å². The molecule has 0 amide bonds. The summed E-state index contributed by atoms with van der Waals surface area (Å²) in [5, 5.41) is 19.2. The van der Waals surface area contributed by atoms with Crippen molar-refractivity contribution >= 4 is 11.9 Å². The van der Waals surface area contributed by atoms with Crippen molar-refractivity contribution in [2.75, 3.05) is 0 Å². The molecule has 55 valence electrons. The van der Waals surface area contributed by atoms with Crippen molar-refractivity contribution in [2.45, 2.75) is 12.5 Å². The average Bonchev–Trinajstić information content (AvgIpc) is 1.63. The molecule has 0 aliphatic rings. The number of carbonyl (C=O) groups is 2. The Labute approximate surface area is 68.0 Å². The van der Waals surface area contributed by atoms with Crippen molar-refractivity contribution < 1.29 is 37.2 Å². The molecule has 0 aliphatic carbocycles. The van der Waals surface area contributed by atoms with Crippen LogP contribution in [-0.2, 0) is 27.0 Å². The summed E-state index contributed by atoms with van der Waals surface area (Å²) >= 11 is 0. The fourth-order valence-corrected chi connectivity index (χ4v) is 0.250. The van der Waals surface area contributed by atoms with Crippen LogP contribution in [0.25, 0.3) is 5.73 Å². The minimum Gasteiger partial charge on any atom is -0.670 e. The van der Waals surface area contributed by atoms with Gasteiger partial charge in [0.05, 0.1) is 0 Å². The molecule has 6 heteroatoms. The molecule has 0 aromatic heterocycles. The Bertz CT molecular complexity index is 137. The van der Waals surface area contributed by atoms with Gasteiger partial charge >= 0.3 is 17.4 Å². The van der Waals surface area contributed by atoms with Gasteiger partial charge in [-0.25, -0.2) is 0 Å². The Hall–Kier alpha value is -0.568. The fraction of sp³-hybridized carbons (Fsp3) is 0.500. The quantitative estimate of drug-likeness (QED) is 0.473. The van der Waals surface area contributed by atoms with E-state index in [1.807, 2.05) is 0 Å². The summed E-state index contributed by atoms with van der Waals surface area (Å²) < 4.78 is 0. The molecule has 0 spiro atoms. The first-order valence-corrected chi connectivity index (χ1v) is 2.16. The second kappa shape index (κ2) is 5.24. The van der Waals surface area contributed by atoms with E-state index in [0.717, 1.165) is 0 Å². The topological polar surface area (TPSA) is 104 Å². The van der Waals surface area contributed by atoms with Crippen molar-refractivity contribution in [2.24, 2.45) is 0 Å². The summed E-state index contributed by atoms with van der Waals surface area (Å²) in [5.74, 6) is -3.25. The zero-order valence-corrected chi connectivity index (χ0v) is 6.10. The van der Waals surface area contributed by atoms with E-state index in [4.69, 9.17) is 5.73 Å². The first-order chi connectivity index (χ1) is 4.04. The molecule has 10 heavy (non-hydrogen) atoms. The van der Waals surface area contributed by atoms with E-state index in [2.05, 4.69) is 0 Å². The smallest absolute Gasteiger partial charge is 0.670 e. The predicted molar refractivity (Wildman–Crippen MR) is 22.7 cm³/mol. The molecule has 0 aromatic carbocycles. The molecule has 1 N–H and O–H groups in total. The van der Waals surface area contributed by atoms with Crippen molar-refractivity contribution in [1.82, 2.24) is 0 Å². The normalized spacial score (nSPS) is 11.3. The molecule has 5 nitrogen and oxygen atoms in total. The van der Waals surface area contributed by atoms with Crippen LogP contribution in [0.5, 0.6) is 0 Å². The number of aliphatic carboxylic acids is 2. The molecule has 0 saturated heterocycles. The van der Waals surface area contributed by atoms with Crippen LogP contribution in [0.1, 0.15) is 6.42 Å². The first-order valence-electron chi connectivity index (χ1n) is 2.16. The Morgan fingerprint density at radius 3 is 1.90 bits per heavy atom. The molecule has 0 heterocycles. The number of rotatable bonds is 3. The summed E-state index contributed by atoms with van der Waals surface area (Å²) in [6.45, 7) is 0. The van der Waals surface area contributed by atoms with E-state index in [9.17, 15) is 19.8 Å². The van der Waals surface area contributed by atoms with Crippen LogP contribution in [0.2, 0.25) is 0 Å². The standard InChI is InChI=1S/C4H6NO4.Cr/c5-2(4(8)9)1-3(6)7;/h2,5H,1H2,(H,6,7)(H,8,9);/q-1;+3/p-2. The third kappa shape index (κ3) is 5.57. The third-order valence-electron chi connectivity index (χ3n) is 0.655. The van der Waals surface area contributed by atoms with Gasteiger partial charge < -0.3 is 25.5 Å². The number of nitrogens with one attached hydrogen (secondary N) is 1. The van der Waals surface area contributed by atoms with E-state index in [1.165, 1.54) is 0 Å². The maximum Gasteiger partial charge on any atom is 3.00 e. The van der Waals surface area contributed by atoms with Gasteiger partial charge in [-0.2, -0.15) is 0 Å². The minimum absolute atomic E-state index is 0. The van der Waals surface area contributed by atoms with Crippen molar-refractivity contribution in [3.05, 3.63) is 5.73 Å². The van der Waals surface area contributed by atoms with Gasteiger partial charge in [0.15, 0.2) is 0 Å². The Kier molecular flexibility index (Phi) is 6.36. The predicted octanol–water partition coefficient (Wildman–Crippen LogP) is -2.71. The fourth-order valence-electron chi connectivity index (χ4n) is 0.250. The number of carboxylic acid groups (broad SMARTS) is 2. The molecule has 1 radical (unpaired) electrons. The first kappa shape index (κ1) is 12.1. The largest absolute Gasteiger partial charge is 3.00 e. The summed E-state index contributed by atoms with van der Waals surface area (Å²) in [6.07, 6.45) is -0.817. The van der Waals surface area contributed by atoms with E-state index < -0.39 is 24.4 Å². The zero-order valence-electron chi connectivity index (χ0n) is 4.83. The van der Waals surface area contributed by atoms with Gasteiger partial charge in [0.1, 0.15) is 0 Å². The van der Waals surface area contributed by atoms with Gasteiger partial charge in [0.2, 0.25) is 0 Å². The van der Waals surface area contributed by atoms with Crippen LogP contribution >= 0.6 is 0 Å². The summed E-state index contributed by atoms with van der Waals surface area (Å²) in [4.78, 5) is 19.2. The van der Waals surface area contributed by atoms with Crippen molar-refractivity contribution in [3.8, 4) is 0 Å². The van der Waals surface area contributed by atoms with E-state index in [-0.39, 0.29) is 17.4 Å². The van der Waals surface area contributed by atoms with Crippen LogP contribution in [0.15, 0.2) is 0 Å². The molecule has 1 unspecified atom stereocenters. The molecule has 0 bridgehead atoms. The second-order valence-electron chi connectivity index (χ2n) is 1.45. The summed E-state index contributed by atoms with van der Waals surface area (Å²) in [7, 11) is 0. The maximum absolute atomic E-state index is 9.65. The van der Waals surface area contributed by atoms with Crippen molar-refractivity contribution in [1.29, 1.82) is 0 Å². The van der Waals surface area contributed by atoms with E-state index >= 15 is 0 Å². The molecule has 0 aliphatic heterocycles. The van der Waals surface area contributed by atoms with Crippen LogP contribution in [0.3, 0.4) is 0 Å².